The Labute approximate surface area is 139 Å². The Kier molecular flexibility index (Phi) is 4.59. The maximum Gasteiger partial charge on any atom is 0.355 e. The van der Waals surface area contributed by atoms with Crippen LogP contribution in [0, 0.1) is 0 Å². The van der Waals surface area contributed by atoms with Crippen molar-refractivity contribution in [2.45, 2.75) is 44.8 Å². The van der Waals surface area contributed by atoms with E-state index in [1.165, 1.54) is 11.9 Å². The Hall–Kier alpha value is -2.70. The zero-order valence-corrected chi connectivity index (χ0v) is 13.4. The molecule has 1 saturated carbocycles. The van der Waals surface area contributed by atoms with Crippen molar-refractivity contribution in [1.29, 1.82) is 0 Å². The molecule has 1 fully saturated rings. The van der Waals surface area contributed by atoms with Crippen molar-refractivity contribution < 1.29 is 19.1 Å². The molecule has 0 saturated heterocycles. The van der Waals surface area contributed by atoms with E-state index in [-0.39, 0.29) is 36.4 Å². The summed E-state index contributed by atoms with van der Waals surface area (Å²) in [6.45, 7) is 1.53. The van der Waals surface area contributed by atoms with Crippen molar-refractivity contribution in [2.24, 2.45) is 5.10 Å². The van der Waals surface area contributed by atoms with Crippen LogP contribution >= 0.6 is 0 Å². The molecule has 1 N–H and O–H groups in total. The molecule has 126 valence electrons. The molecule has 1 aromatic rings. The molecule has 1 aliphatic heterocycles. The fourth-order valence-electron chi connectivity index (χ4n) is 2.30. The van der Waals surface area contributed by atoms with Crippen molar-refractivity contribution >= 4 is 29.2 Å². The lowest BCUT2D eigenvalue weighted by Crippen LogP contribution is -2.40. The summed E-state index contributed by atoms with van der Waals surface area (Å²) < 4.78 is 5.18. The van der Waals surface area contributed by atoms with Crippen LogP contribution in [0.5, 0.6) is 0 Å². The number of hydrogen-bond acceptors (Lipinski definition) is 5. The predicted molar refractivity (Wildman–Crippen MR) is 87.3 cm³/mol. The molecule has 7 nitrogen and oxygen atoms in total. The number of amides is 2. The molecule has 0 aromatic heterocycles. The van der Waals surface area contributed by atoms with Crippen LogP contribution in [-0.2, 0) is 19.1 Å². The summed E-state index contributed by atoms with van der Waals surface area (Å²) >= 11 is 0. The molecule has 1 aliphatic carbocycles. The van der Waals surface area contributed by atoms with Gasteiger partial charge in [0.15, 0.2) is 6.10 Å². The molecule has 0 bridgehead atoms. The van der Waals surface area contributed by atoms with Crippen molar-refractivity contribution in [3.8, 4) is 0 Å². The standard InChI is InChI=1S/C17H19N3O4/c1-11(16(22)18-12-7-8-12)24-17(23)14-9-10-15(21)20(19-14)13-5-3-2-4-6-13/h2-6,11-12H,7-10H2,1H3,(H,18,22). The Morgan fingerprint density at radius 2 is 1.96 bits per heavy atom. The molecule has 1 heterocycles. The lowest BCUT2D eigenvalue weighted by molar-refractivity contribution is -0.148. The van der Waals surface area contributed by atoms with Gasteiger partial charge in [0, 0.05) is 18.9 Å². The summed E-state index contributed by atoms with van der Waals surface area (Å²) in [6, 6.07) is 9.08. The van der Waals surface area contributed by atoms with Gasteiger partial charge in [-0.3, -0.25) is 9.59 Å². The van der Waals surface area contributed by atoms with E-state index in [2.05, 4.69) is 10.4 Å². The number of hydrogen-bond donors (Lipinski definition) is 1. The quantitative estimate of drug-likeness (QED) is 0.827. The number of benzene rings is 1. The highest BCUT2D eigenvalue weighted by Gasteiger charge is 2.30. The van der Waals surface area contributed by atoms with Gasteiger partial charge in [-0.1, -0.05) is 18.2 Å². The average Bonchev–Trinajstić information content (AvgIpc) is 3.39. The van der Waals surface area contributed by atoms with Crippen LogP contribution in [0.2, 0.25) is 0 Å². The zero-order chi connectivity index (χ0) is 17.1. The first-order chi connectivity index (χ1) is 11.5. The van der Waals surface area contributed by atoms with Gasteiger partial charge in [-0.15, -0.1) is 0 Å². The second kappa shape index (κ2) is 6.82. The Balaban J connectivity index is 1.67. The number of carbonyl (C=O) groups is 3. The van der Waals surface area contributed by atoms with Crippen molar-refractivity contribution in [1.82, 2.24) is 5.32 Å². The highest BCUT2D eigenvalue weighted by atomic mass is 16.5. The van der Waals surface area contributed by atoms with Gasteiger partial charge in [0.1, 0.15) is 5.71 Å². The fraction of sp³-hybridized carbons (Fsp3) is 0.412. The van der Waals surface area contributed by atoms with Crippen molar-refractivity contribution in [2.75, 3.05) is 5.01 Å². The largest absolute Gasteiger partial charge is 0.448 e. The lowest BCUT2D eigenvalue weighted by Gasteiger charge is -2.23. The lowest BCUT2D eigenvalue weighted by atomic mass is 10.1. The van der Waals surface area contributed by atoms with Gasteiger partial charge in [0.05, 0.1) is 5.69 Å². The van der Waals surface area contributed by atoms with E-state index in [0.29, 0.717) is 5.69 Å². The molecule has 1 atom stereocenters. The van der Waals surface area contributed by atoms with E-state index in [9.17, 15) is 14.4 Å². The summed E-state index contributed by atoms with van der Waals surface area (Å²) in [5.41, 5.74) is 0.733. The second-order valence-electron chi connectivity index (χ2n) is 5.92. The van der Waals surface area contributed by atoms with E-state index in [0.717, 1.165) is 12.8 Å². The molecular weight excluding hydrogens is 310 g/mol. The Morgan fingerprint density at radius 3 is 2.62 bits per heavy atom. The third kappa shape index (κ3) is 3.79. The molecule has 24 heavy (non-hydrogen) atoms. The van der Waals surface area contributed by atoms with Gasteiger partial charge in [-0.2, -0.15) is 5.10 Å². The number of carbonyl (C=O) groups excluding carboxylic acids is 3. The SMILES string of the molecule is CC(OC(=O)C1=NN(c2ccccc2)C(=O)CC1)C(=O)NC1CC1. The molecule has 2 amide bonds. The highest BCUT2D eigenvalue weighted by Crippen LogP contribution is 2.21. The van der Waals surface area contributed by atoms with Gasteiger partial charge >= 0.3 is 5.97 Å². The summed E-state index contributed by atoms with van der Waals surface area (Å²) in [7, 11) is 0. The number of nitrogens with zero attached hydrogens (tertiary/aromatic N) is 2. The third-order valence-corrected chi connectivity index (χ3v) is 3.85. The van der Waals surface area contributed by atoms with Crippen molar-refractivity contribution in [3.05, 3.63) is 30.3 Å². The normalized spacial score (nSPS) is 18.6. The minimum absolute atomic E-state index is 0.143. The van der Waals surface area contributed by atoms with Crippen LogP contribution in [0.25, 0.3) is 0 Å². The highest BCUT2D eigenvalue weighted by molar-refractivity contribution is 6.38. The summed E-state index contributed by atoms with van der Waals surface area (Å²) in [4.78, 5) is 36.1. The topological polar surface area (TPSA) is 88.1 Å². The minimum Gasteiger partial charge on any atom is -0.448 e. The third-order valence-electron chi connectivity index (χ3n) is 3.85. The average molecular weight is 329 g/mol. The number of para-hydroxylation sites is 1. The molecule has 1 unspecified atom stereocenters. The number of ether oxygens (including phenoxy) is 1. The second-order valence-corrected chi connectivity index (χ2v) is 5.92. The summed E-state index contributed by atoms with van der Waals surface area (Å²) in [6.07, 6.45) is 1.42. The molecule has 0 radical (unpaired) electrons. The minimum atomic E-state index is -0.886. The summed E-state index contributed by atoms with van der Waals surface area (Å²) in [5, 5.41) is 8.10. The van der Waals surface area contributed by atoms with E-state index in [4.69, 9.17) is 4.74 Å². The van der Waals surface area contributed by atoms with E-state index < -0.39 is 12.1 Å². The first-order valence-electron chi connectivity index (χ1n) is 8.01. The Morgan fingerprint density at radius 1 is 1.25 bits per heavy atom. The Bertz CT molecular complexity index is 682. The number of anilines is 1. The van der Waals surface area contributed by atoms with Gasteiger partial charge in [0.25, 0.3) is 5.91 Å². The molecular formula is C17H19N3O4. The van der Waals surface area contributed by atoms with Crippen LogP contribution < -0.4 is 10.3 Å². The monoisotopic (exact) mass is 329 g/mol. The van der Waals surface area contributed by atoms with E-state index in [1.807, 2.05) is 6.07 Å². The number of hydrazone groups is 1. The van der Waals surface area contributed by atoms with Gasteiger partial charge in [0.2, 0.25) is 5.91 Å². The first kappa shape index (κ1) is 16.2. The van der Waals surface area contributed by atoms with Crippen LogP contribution in [-0.4, -0.2) is 35.6 Å². The fourth-order valence-corrected chi connectivity index (χ4v) is 2.30. The van der Waals surface area contributed by atoms with E-state index >= 15 is 0 Å². The molecule has 0 spiro atoms. The zero-order valence-electron chi connectivity index (χ0n) is 13.4. The number of rotatable bonds is 5. The van der Waals surface area contributed by atoms with Gasteiger partial charge in [-0.05, 0) is 31.9 Å². The summed E-state index contributed by atoms with van der Waals surface area (Å²) in [5.74, 6) is -1.16. The van der Waals surface area contributed by atoms with Gasteiger partial charge in [-0.25, -0.2) is 9.80 Å². The van der Waals surface area contributed by atoms with E-state index in [1.54, 1.807) is 24.3 Å². The molecule has 1 aromatic carbocycles. The molecule has 2 aliphatic rings. The first-order valence-corrected chi connectivity index (χ1v) is 8.01. The van der Waals surface area contributed by atoms with Crippen LogP contribution in [0.3, 0.4) is 0 Å². The van der Waals surface area contributed by atoms with Crippen LogP contribution in [0.4, 0.5) is 5.69 Å². The van der Waals surface area contributed by atoms with Crippen LogP contribution in [0.1, 0.15) is 32.6 Å². The number of esters is 1. The maximum absolute atomic E-state index is 12.2. The molecule has 3 rings (SSSR count). The van der Waals surface area contributed by atoms with Crippen LogP contribution in [0.15, 0.2) is 35.4 Å². The smallest absolute Gasteiger partial charge is 0.355 e. The maximum atomic E-state index is 12.2. The molecule has 7 heteroatoms. The predicted octanol–water partition coefficient (Wildman–Crippen LogP) is 1.38. The van der Waals surface area contributed by atoms with Crippen molar-refractivity contribution in [3.63, 3.8) is 0 Å². The number of nitrogens with one attached hydrogen (secondary N) is 1. The van der Waals surface area contributed by atoms with Gasteiger partial charge < -0.3 is 10.1 Å².